The van der Waals surface area contributed by atoms with Crippen molar-refractivity contribution >= 4 is 45.2 Å². The molecule has 0 fully saturated rings. The number of amides is 1. The third kappa shape index (κ3) is 4.56. The number of anilines is 1. The van der Waals surface area contributed by atoms with Crippen molar-refractivity contribution in [3.63, 3.8) is 0 Å². The molecule has 1 amide bonds. The fourth-order valence-corrected chi connectivity index (χ4v) is 4.08. The van der Waals surface area contributed by atoms with Crippen LogP contribution in [-0.4, -0.2) is 11.9 Å². The van der Waals surface area contributed by atoms with Gasteiger partial charge in [-0.05, 0) is 40.4 Å². The number of rotatable bonds is 5. The van der Waals surface area contributed by atoms with Crippen molar-refractivity contribution in [3.05, 3.63) is 126 Å². The molecule has 5 nitrogen and oxygen atoms in total. The van der Waals surface area contributed by atoms with Gasteiger partial charge in [0.25, 0.3) is 5.91 Å². The Morgan fingerprint density at radius 1 is 0.722 bits per heavy atom. The Labute approximate surface area is 207 Å². The summed E-state index contributed by atoms with van der Waals surface area (Å²) in [6.45, 7) is 0. The van der Waals surface area contributed by atoms with Crippen LogP contribution in [0.25, 0.3) is 27.6 Å². The number of carbonyl (C=O) groups excluding carboxylic acids is 2. The van der Waals surface area contributed by atoms with Crippen LogP contribution in [0.4, 0.5) is 5.69 Å². The standard InChI is InChI=1S/C31H20N2O3/c32-20-24(30(34)33-28-17-8-13-22-10-2-5-15-26(22)28)19-23-11-3-6-18-29(23)36-31(35)27-16-7-12-21-9-1-4-14-25(21)27/h1-19H,(H,33,34)/b24-19+. The molecular formula is C31H20N2O3. The SMILES string of the molecule is N#C/C(=C\c1ccccc1OC(=O)c1cccc2ccccc12)C(=O)Nc1cccc2ccccc12. The lowest BCUT2D eigenvalue weighted by Gasteiger charge is -2.11. The fraction of sp³-hybridized carbons (Fsp3) is 0. The van der Waals surface area contributed by atoms with Crippen molar-refractivity contribution in [1.82, 2.24) is 0 Å². The van der Waals surface area contributed by atoms with Crippen molar-refractivity contribution < 1.29 is 14.3 Å². The van der Waals surface area contributed by atoms with Crippen LogP contribution in [0.5, 0.6) is 5.75 Å². The van der Waals surface area contributed by atoms with Crippen molar-refractivity contribution in [2.24, 2.45) is 0 Å². The number of benzene rings is 5. The van der Waals surface area contributed by atoms with E-state index in [1.165, 1.54) is 6.08 Å². The van der Waals surface area contributed by atoms with Crippen molar-refractivity contribution in [1.29, 1.82) is 5.26 Å². The first-order valence-corrected chi connectivity index (χ1v) is 11.3. The molecule has 5 aromatic rings. The topological polar surface area (TPSA) is 79.2 Å². The molecule has 5 rings (SSSR count). The van der Waals surface area contributed by atoms with Gasteiger partial charge in [0.1, 0.15) is 17.4 Å². The van der Waals surface area contributed by atoms with Gasteiger partial charge < -0.3 is 10.1 Å². The van der Waals surface area contributed by atoms with Gasteiger partial charge in [0.2, 0.25) is 0 Å². The van der Waals surface area contributed by atoms with Crippen LogP contribution in [0.1, 0.15) is 15.9 Å². The lowest BCUT2D eigenvalue weighted by atomic mass is 10.0. The zero-order chi connectivity index (χ0) is 24.9. The van der Waals surface area contributed by atoms with Crippen LogP contribution in [0.15, 0.2) is 115 Å². The first-order valence-electron chi connectivity index (χ1n) is 11.3. The molecule has 0 aliphatic carbocycles. The molecule has 172 valence electrons. The van der Waals surface area contributed by atoms with Crippen molar-refractivity contribution in [3.8, 4) is 11.8 Å². The monoisotopic (exact) mass is 468 g/mol. The van der Waals surface area contributed by atoms with Gasteiger partial charge in [-0.1, -0.05) is 91.0 Å². The zero-order valence-electron chi connectivity index (χ0n) is 19.1. The number of carbonyl (C=O) groups is 2. The van der Waals surface area contributed by atoms with Gasteiger partial charge in [-0.25, -0.2) is 4.79 Å². The second kappa shape index (κ2) is 9.96. The molecule has 0 aliphatic heterocycles. The Balaban J connectivity index is 1.43. The molecule has 5 heteroatoms. The van der Waals surface area contributed by atoms with E-state index in [0.717, 1.165) is 21.5 Å². The number of fused-ring (bicyclic) bond motifs is 2. The Bertz CT molecular complexity index is 1690. The fourth-order valence-electron chi connectivity index (χ4n) is 4.08. The van der Waals surface area contributed by atoms with E-state index in [0.29, 0.717) is 16.8 Å². The molecule has 0 aliphatic rings. The maximum Gasteiger partial charge on any atom is 0.344 e. The van der Waals surface area contributed by atoms with E-state index in [2.05, 4.69) is 5.32 Å². The Hall–Kier alpha value is -5.21. The van der Waals surface area contributed by atoms with E-state index in [9.17, 15) is 14.9 Å². The van der Waals surface area contributed by atoms with E-state index < -0.39 is 11.9 Å². The van der Waals surface area contributed by atoms with Crippen LogP contribution in [-0.2, 0) is 4.79 Å². The molecule has 0 bridgehead atoms. The third-order valence-electron chi connectivity index (χ3n) is 5.83. The first-order chi connectivity index (χ1) is 17.6. The minimum absolute atomic E-state index is 0.114. The maximum atomic E-state index is 13.0. The number of esters is 1. The second-order valence-corrected chi connectivity index (χ2v) is 8.10. The minimum Gasteiger partial charge on any atom is -0.422 e. The molecule has 0 aromatic heterocycles. The molecule has 0 atom stereocenters. The number of hydrogen-bond acceptors (Lipinski definition) is 4. The smallest absolute Gasteiger partial charge is 0.344 e. The predicted octanol–water partition coefficient (Wildman–Crippen LogP) is 6.76. The van der Waals surface area contributed by atoms with E-state index >= 15 is 0 Å². The molecule has 0 saturated heterocycles. The second-order valence-electron chi connectivity index (χ2n) is 8.10. The quantitative estimate of drug-likeness (QED) is 0.134. The summed E-state index contributed by atoms with van der Waals surface area (Å²) in [5.41, 5.74) is 1.36. The highest BCUT2D eigenvalue weighted by Crippen LogP contribution is 2.26. The Morgan fingerprint density at radius 2 is 1.33 bits per heavy atom. The molecule has 0 spiro atoms. The highest BCUT2D eigenvalue weighted by molar-refractivity contribution is 6.13. The summed E-state index contributed by atoms with van der Waals surface area (Å²) in [7, 11) is 0. The van der Waals surface area contributed by atoms with Crippen LogP contribution >= 0.6 is 0 Å². The third-order valence-corrected chi connectivity index (χ3v) is 5.83. The number of nitriles is 1. The highest BCUT2D eigenvalue weighted by Gasteiger charge is 2.16. The van der Waals surface area contributed by atoms with Crippen molar-refractivity contribution in [2.45, 2.75) is 0 Å². The summed E-state index contributed by atoms with van der Waals surface area (Å²) in [5.74, 6) is -0.823. The molecular weight excluding hydrogens is 448 g/mol. The summed E-state index contributed by atoms with van der Waals surface area (Å²) in [5, 5.41) is 16.1. The van der Waals surface area contributed by atoms with Gasteiger partial charge in [0, 0.05) is 16.6 Å². The van der Waals surface area contributed by atoms with E-state index in [1.807, 2.05) is 72.8 Å². The van der Waals surface area contributed by atoms with Crippen molar-refractivity contribution in [2.75, 3.05) is 5.32 Å². The van der Waals surface area contributed by atoms with Gasteiger partial charge in [0.05, 0.1) is 5.56 Å². The molecule has 5 aromatic carbocycles. The van der Waals surface area contributed by atoms with Crippen LogP contribution in [0, 0.1) is 11.3 Å². The lowest BCUT2D eigenvalue weighted by molar-refractivity contribution is -0.112. The van der Waals surface area contributed by atoms with Gasteiger partial charge >= 0.3 is 5.97 Å². The van der Waals surface area contributed by atoms with Crippen LogP contribution in [0.3, 0.4) is 0 Å². The minimum atomic E-state index is -0.552. The van der Waals surface area contributed by atoms with Gasteiger partial charge in [-0.15, -0.1) is 0 Å². The number of hydrogen-bond donors (Lipinski definition) is 1. The summed E-state index contributed by atoms with van der Waals surface area (Å²) in [6, 6.07) is 35.0. The summed E-state index contributed by atoms with van der Waals surface area (Å²) in [6.07, 6.45) is 1.42. The van der Waals surface area contributed by atoms with Gasteiger partial charge in [-0.3, -0.25) is 4.79 Å². The van der Waals surface area contributed by atoms with E-state index in [1.54, 1.807) is 42.5 Å². The number of nitrogens with zero attached hydrogens (tertiary/aromatic N) is 1. The van der Waals surface area contributed by atoms with E-state index in [-0.39, 0.29) is 11.3 Å². The van der Waals surface area contributed by atoms with Gasteiger partial charge in [0.15, 0.2) is 0 Å². The maximum absolute atomic E-state index is 13.0. The number of para-hydroxylation sites is 1. The van der Waals surface area contributed by atoms with Crippen LogP contribution < -0.4 is 10.1 Å². The van der Waals surface area contributed by atoms with E-state index in [4.69, 9.17) is 4.74 Å². The van der Waals surface area contributed by atoms with Gasteiger partial charge in [-0.2, -0.15) is 5.26 Å². The first kappa shape index (κ1) is 22.6. The predicted molar refractivity (Wildman–Crippen MR) is 142 cm³/mol. The number of nitrogens with one attached hydrogen (secondary N) is 1. The zero-order valence-corrected chi connectivity index (χ0v) is 19.1. The number of ether oxygens (including phenoxy) is 1. The lowest BCUT2D eigenvalue weighted by Crippen LogP contribution is -2.14. The largest absolute Gasteiger partial charge is 0.422 e. The average molecular weight is 469 g/mol. The highest BCUT2D eigenvalue weighted by atomic mass is 16.5. The normalized spacial score (nSPS) is 11.1. The van der Waals surface area contributed by atoms with Crippen LogP contribution in [0.2, 0.25) is 0 Å². The summed E-state index contributed by atoms with van der Waals surface area (Å²) >= 11 is 0. The molecule has 0 heterocycles. The molecule has 0 radical (unpaired) electrons. The summed E-state index contributed by atoms with van der Waals surface area (Å²) in [4.78, 5) is 26.0. The molecule has 1 N–H and O–H groups in total. The average Bonchev–Trinajstić information content (AvgIpc) is 2.92. The summed E-state index contributed by atoms with van der Waals surface area (Å²) < 4.78 is 5.72. The Morgan fingerprint density at radius 3 is 2.11 bits per heavy atom. The molecule has 0 unspecified atom stereocenters. The molecule has 36 heavy (non-hydrogen) atoms. The molecule has 0 saturated carbocycles. The Kier molecular flexibility index (Phi) is 6.25.